The molecule has 0 bridgehead atoms. The van der Waals surface area contributed by atoms with Crippen LogP contribution in [0.3, 0.4) is 0 Å². The van der Waals surface area contributed by atoms with E-state index in [9.17, 15) is 0 Å². The second kappa shape index (κ2) is 3.96. The minimum atomic E-state index is 0.629. The molecule has 82 valence electrons. The molecule has 1 aliphatic rings. The zero-order valence-electron chi connectivity index (χ0n) is 9.00. The lowest BCUT2D eigenvalue weighted by Crippen LogP contribution is -2.27. The summed E-state index contributed by atoms with van der Waals surface area (Å²) in [5.74, 6) is 0. The Morgan fingerprint density at radius 3 is 2.81 bits per heavy atom. The minimum absolute atomic E-state index is 0.629. The Labute approximate surface area is 94.3 Å². The van der Waals surface area contributed by atoms with Crippen LogP contribution in [0.15, 0.2) is 36.9 Å². The van der Waals surface area contributed by atoms with Gasteiger partial charge >= 0.3 is 0 Å². The second-order valence-electron chi connectivity index (χ2n) is 4.13. The van der Waals surface area contributed by atoms with Gasteiger partial charge in [-0.1, -0.05) is 12.1 Å². The molecule has 1 N–H and O–H groups in total. The van der Waals surface area contributed by atoms with E-state index in [1.165, 1.54) is 19.3 Å². The SMILES string of the molecule is c1ccc(-n2cncn2)c(NC2CCC2)c1. The van der Waals surface area contributed by atoms with Gasteiger partial charge in [0.15, 0.2) is 0 Å². The van der Waals surface area contributed by atoms with Crippen molar-refractivity contribution in [2.45, 2.75) is 25.3 Å². The lowest BCUT2D eigenvalue weighted by atomic mass is 9.93. The van der Waals surface area contributed by atoms with Crippen LogP contribution < -0.4 is 5.32 Å². The highest BCUT2D eigenvalue weighted by molar-refractivity contribution is 5.61. The highest BCUT2D eigenvalue weighted by Gasteiger charge is 2.18. The third-order valence-electron chi connectivity index (χ3n) is 3.03. The van der Waals surface area contributed by atoms with Crippen molar-refractivity contribution in [3.05, 3.63) is 36.9 Å². The molecule has 1 fully saturated rings. The van der Waals surface area contributed by atoms with Crippen molar-refractivity contribution >= 4 is 5.69 Å². The molecule has 2 aromatic rings. The summed E-state index contributed by atoms with van der Waals surface area (Å²) < 4.78 is 1.79. The first-order valence-electron chi connectivity index (χ1n) is 5.64. The molecule has 0 saturated heterocycles. The van der Waals surface area contributed by atoms with Crippen molar-refractivity contribution < 1.29 is 0 Å². The zero-order valence-corrected chi connectivity index (χ0v) is 9.00. The Morgan fingerprint density at radius 1 is 1.25 bits per heavy atom. The van der Waals surface area contributed by atoms with Gasteiger partial charge in [-0.3, -0.25) is 0 Å². The molecule has 0 radical (unpaired) electrons. The largest absolute Gasteiger partial charge is 0.381 e. The molecular weight excluding hydrogens is 200 g/mol. The number of benzene rings is 1. The van der Waals surface area contributed by atoms with Crippen molar-refractivity contribution in [3.8, 4) is 5.69 Å². The number of rotatable bonds is 3. The van der Waals surface area contributed by atoms with Crippen LogP contribution in [0.2, 0.25) is 0 Å². The molecule has 3 rings (SSSR count). The fraction of sp³-hybridized carbons (Fsp3) is 0.333. The third-order valence-corrected chi connectivity index (χ3v) is 3.03. The van der Waals surface area contributed by atoms with Gasteiger partial charge in [-0.2, -0.15) is 5.10 Å². The maximum absolute atomic E-state index is 4.16. The summed E-state index contributed by atoms with van der Waals surface area (Å²) in [6.07, 6.45) is 7.15. The molecule has 0 atom stereocenters. The van der Waals surface area contributed by atoms with Crippen LogP contribution in [0.5, 0.6) is 0 Å². The van der Waals surface area contributed by atoms with Gasteiger partial charge in [0.25, 0.3) is 0 Å². The Bertz CT molecular complexity index is 460. The van der Waals surface area contributed by atoms with Crippen LogP contribution in [-0.2, 0) is 0 Å². The highest BCUT2D eigenvalue weighted by Crippen LogP contribution is 2.26. The summed E-state index contributed by atoms with van der Waals surface area (Å²) in [4.78, 5) is 3.98. The quantitative estimate of drug-likeness (QED) is 0.852. The smallest absolute Gasteiger partial charge is 0.138 e. The van der Waals surface area contributed by atoms with Crippen molar-refractivity contribution in [2.24, 2.45) is 0 Å². The van der Waals surface area contributed by atoms with E-state index >= 15 is 0 Å². The monoisotopic (exact) mass is 214 g/mol. The number of hydrogen-bond acceptors (Lipinski definition) is 3. The fourth-order valence-corrected chi connectivity index (χ4v) is 1.90. The molecule has 4 heteroatoms. The first kappa shape index (κ1) is 9.39. The van der Waals surface area contributed by atoms with Crippen LogP contribution >= 0.6 is 0 Å². The van der Waals surface area contributed by atoms with Gasteiger partial charge in [0.05, 0.1) is 11.4 Å². The third kappa shape index (κ3) is 1.66. The van der Waals surface area contributed by atoms with E-state index in [-0.39, 0.29) is 0 Å². The van der Waals surface area contributed by atoms with E-state index in [1.54, 1.807) is 17.3 Å². The second-order valence-corrected chi connectivity index (χ2v) is 4.13. The summed E-state index contributed by atoms with van der Waals surface area (Å²) in [6, 6.07) is 8.83. The molecule has 0 aliphatic heterocycles. The Hall–Kier alpha value is -1.84. The number of nitrogens with one attached hydrogen (secondary N) is 1. The fourth-order valence-electron chi connectivity index (χ4n) is 1.90. The Morgan fingerprint density at radius 2 is 2.12 bits per heavy atom. The van der Waals surface area contributed by atoms with Crippen LogP contribution in [0, 0.1) is 0 Å². The molecule has 1 saturated carbocycles. The molecule has 0 spiro atoms. The lowest BCUT2D eigenvalue weighted by molar-refractivity contribution is 0.445. The van der Waals surface area contributed by atoms with E-state index in [4.69, 9.17) is 0 Å². The van der Waals surface area contributed by atoms with Crippen molar-refractivity contribution in [1.82, 2.24) is 14.8 Å². The van der Waals surface area contributed by atoms with Gasteiger partial charge in [-0.15, -0.1) is 0 Å². The summed E-state index contributed by atoms with van der Waals surface area (Å²) in [6.45, 7) is 0. The maximum Gasteiger partial charge on any atom is 0.138 e. The summed E-state index contributed by atoms with van der Waals surface area (Å²) in [7, 11) is 0. The Balaban J connectivity index is 1.91. The average molecular weight is 214 g/mol. The van der Waals surface area contributed by atoms with Crippen molar-refractivity contribution in [1.29, 1.82) is 0 Å². The normalized spacial score (nSPS) is 15.8. The first-order chi connectivity index (χ1) is 7.93. The lowest BCUT2D eigenvalue weighted by Gasteiger charge is -2.28. The van der Waals surface area contributed by atoms with Crippen LogP contribution in [0.1, 0.15) is 19.3 Å². The van der Waals surface area contributed by atoms with Gasteiger partial charge in [0.2, 0.25) is 0 Å². The predicted octanol–water partition coefficient (Wildman–Crippen LogP) is 2.23. The molecule has 1 aromatic carbocycles. The van der Waals surface area contributed by atoms with Crippen LogP contribution in [0.4, 0.5) is 5.69 Å². The molecule has 16 heavy (non-hydrogen) atoms. The van der Waals surface area contributed by atoms with E-state index < -0.39 is 0 Å². The zero-order chi connectivity index (χ0) is 10.8. The topological polar surface area (TPSA) is 42.7 Å². The first-order valence-corrected chi connectivity index (χ1v) is 5.64. The summed E-state index contributed by atoms with van der Waals surface area (Å²) in [5, 5.41) is 7.71. The average Bonchev–Trinajstić information content (AvgIpc) is 2.77. The molecule has 1 aromatic heterocycles. The minimum Gasteiger partial charge on any atom is -0.381 e. The van der Waals surface area contributed by atoms with Crippen LogP contribution in [0.25, 0.3) is 5.69 Å². The van der Waals surface area contributed by atoms with Gasteiger partial charge in [-0.25, -0.2) is 9.67 Å². The number of hydrogen-bond donors (Lipinski definition) is 1. The number of para-hydroxylation sites is 2. The van der Waals surface area contributed by atoms with Gasteiger partial charge in [0.1, 0.15) is 12.7 Å². The summed E-state index contributed by atoms with van der Waals surface area (Å²) >= 11 is 0. The molecule has 0 amide bonds. The number of nitrogens with zero attached hydrogens (tertiary/aromatic N) is 3. The van der Waals surface area contributed by atoms with Gasteiger partial charge < -0.3 is 5.32 Å². The van der Waals surface area contributed by atoms with Gasteiger partial charge in [-0.05, 0) is 31.4 Å². The van der Waals surface area contributed by atoms with Crippen molar-refractivity contribution in [2.75, 3.05) is 5.32 Å². The van der Waals surface area contributed by atoms with Gasteiger partial charge in [0, 0.05) is 6.04 Å². The van der Waals surface area contributed by atoms with E-state index in [0.717, 1.165) is 11.4 Å². The van der Waals surface area contributed by atoms with Crippen LogP contribution in [-0.4, -0.2) is 20.8 Å². The van der Waals surface area contributed by atoms with Crippen molar-refractivity contribution in [3.63, 3.8) is 0 Å². The number of aromatic nitrogens is 3. The van der Waals surface area contributed by atoms with E-state index in [0.29, 0.717) is 6.04 Å². The molecule has 1 aliphatic carbocycles. The predicted molar refractivity (Wildman–Crippen MR) is 62.6 cm³/mol. The van der Waals surface area contributed by atoms with E-state index in [2.05, 4.69) is 27.5 Å². The Kier molecular flexibility index (Phi) is 2.33. The summed E-state index contributed by atoms with van der Waals surface area (Å²) in [5.41, 5.74) is 2.20. The molecule has 4 nitrogen and oxygen atoms in total. The molecule has 1 heterocycles. The molecular formula is C12H14N4. The molecule has 0 unspecified atom stereocenters. The maximum atomic E-state index is 4.16. The van der Waals surface area contributed by atoms with E-state index in [1.807, 2.05) is 12.1 Å². The number of anilines is 1. The highest BCUT2D eigenvalue weighted by atomic mass is 15.3. The standard InChI is InChI=1S/C12H14N4/c1-2-7-12(16-9-13-8-14-16)11(6-1)15-10-4-3-5-10/h1-2,6-10,15H,3-5H2.